The Hall–Kier alpha value is -3.79. The lowest BCUT2D eigenvalue weighted by Crippen LogP contribution is -2.17. The van der Waals surface area contributed by atoms with Crippen LogP contribution in [0.5, 0.6) is 5.75 Å². The second-order valence-electron chi connectivity index (χ2n) is 6.23. The van der Waals surface area contributed by atoms with Crippen LogP contribution in [0.2, 0.25) is 0 Å². The zero-order valence-electron chi connectivity index (χ0n) is 16.6. The summed E-state index contributed by atoms with van der Waals surface area (Å²) in [4.78, 5) is 19.1. The number of fused-ring (bicyclic) bond motifs is 1. The Morgan fingerprint density at radius 2 is 1.84 bits per heavy atom. The third-order valence-corrected chi connectivity index (χ3v) is 4.07. The molecule has 0 amide bonds. The molecule has 4 N–H and O–H groups in total. The third kappa shape index (κ3) is 7.19. The number of hydrogen-bond donors (Lipinski definition) is 4. The summed E-state index contributed by atoms with van der Waals surface area (Å²) in [6.45, 7) is 1.26. The highest BCUT2D eigenvalue weighted by atomic mass is 19.1. The first-order valence-corrected chi connectivity index (χ1v) is 9.10. The molecule has 8 nitrogen and oxygen atoms in total. The first-order valence-electron chi connectivity index (χ1n) is 9.10. The van der Waals surface area contributed by atoms with Crippen LogP contribution in [0.1, 0.15) is 11.3 Å². The lowest BCUT2D eigenvalue weighted by molar-refractivity contribution is -0.134. The predicted octanol–water partition coefficient (Wildman–Crippen LogP) is 2.89. The highest BCUT2D eigenvalue weighted by molar-refractivity contribution is 5.89. The van der Waals surface area contributed by atoms with Gasteiger partial charge in [0, 0.05) is 43.3 Å². The Kier molecular flexibility index (Phi) is 8.64. The first kappa shape index (κ1) is 23.5. The van der Waals surface area contributed by atoms with Gasteiger partial charge in [0.1, 0.15) is 17.4 Å². The molecule has 0 aliphatic rings. The van der Waals surface area contributed by atoms with Gasteiger partial charge in [-0.3, -0.25) is 5.10 Å². The quantitative estimate of drug-likeness (QED) is 0.318. The highest BCUT2D eigenvalue weighted by Crippen LogP contribution is 2.21. The molecule has 31 heavy (non-hydrogen) atoms. The number of halogens is 2. The molecule has 0 aliphatic heterocycles. The van der Waals surface area contributed by atoms with E-state index in [2.05, 4.69) is 15.5 Å². The van der Waals surface area contributed by atoms with E-state index in [0.717, 1.165) is 17.4 Å². The van der Waals surface area contributed by atoms with E-state index < -0.39 is 23.6 Å². The lowest BCUT2D eigenvalue weighted by Gasteiger charge is -2.09. The zero-order chi connectivity index (χ0) is 22.8. The number of hydrogen-bond acceptors (Lipinski definition) is 5. The fourth-order valence-electron chi connectivity index (χ4n) is 2.74. The monoisotopic (exact) mass is 433 g/mol. The smallest absolute Gasteiger partial charge is 0.328 e. The molecule has 164 valence electrons. The van der Waals surface area contributed by atoms with Crippen LogP contribution in [0, 0.1) is 11.6 Å². The van der Waals surface area contributed by atoms with E-state index >= 15 is 0 Å². The van der Waals surface area contributed by atoms with Crippen LogP contribution in [0.4, 0.5) is 8.78 Å². The fraction of sp³-hybridized carbons (Fsp3) is 0.190. The van der Waals surface area contributed by atoms with E-state index in [1.54, 1.807) is 7.11 Å². The van der Waals surface area contributed by atoms with E-state index in [0.29, 0.717) is 48.3 Å². The number of nitrogens with zero attached hydrogens (tertiary/aromatic N) is 1. The van der Waals surface area contributed by atoms with Crippen molar-refractivity contribution in [2.24, 2.45) is 0 Å². The van der Waals surface area contributed by atoms with E-state index in [9.17, 15) is 18.4 Å². The van der Waals surface area contributed by atoms with Crippen molar-refractivity contribution < 1.29 is 33.3 Å². The van der Waals surface area contributed by atoms with Gasteiger partial charge >= 0.3 is 11.9 Å². The van der Waals surface area contributed by atoms with Crippen LogP contribution in [-0.2, 0) is 22.6 Å². The van der Waals surface area contributed by atoms with Crippen LogP contribution in [0.3, 0.4) is 0 Å². The van der Waals surface area contributed by atoms with Gasteiger partial charge < -0.3 is 20.3 Å². The topological polar surface area (TPSA) is 125 Å². The van der Waals surface area contributed by atoms with Crippen LogP contribution in [-0.4, -0.2) is 46.0 Å². The molecule has 0 atom stereocenters. The molecule has 0 saturated carbocycles. The first-order chi connectivity index (χ1) is 14.8. The minimum atomic E-state index is -1.26. The van der Waals surface area contributed by atoms with Crippen LogP contribution >= 0.6 is 0 Å². The van der Waals surface area contributed by atoms with Gasteiger partial charge in [-0.25, -0.2) is 18.4 Å². The number of carboxylic acids is 2. The second kappa shape index (κ2) is 11.4. The summed E-state index contributed by atoms with van der Waals surface area (Å²) in [6, 6.07) is 9.88. The molecule has 1 aromatic heterocycles. The normalized spacial score (nSPS) is 10.7. The van der Waals surface area contributed by atoms with Gasteiger partial charge in [-0.1, -0.05) is 18.2 Å². The van der Waals surface area contributed by atoms with Crippen molar-refractivity contribution in [3.05, 3.63) is 71.4 Å². The molecule has 0 unspecified atom stereocenters. The Bertz CT molecular complexity index is 1070. The Labute approximate surface area is 176 Å². The van der Waals surface area contributed by atoms with Crippen LogP contribution in [0.25, 0.3) is 10.9 Å². The van der Waals surface area contributed by atoms with Crippen molar-refractivity contribution >= 4 is 22.8 Å². The molecule has 2 aromatic carbocycles. The molecule has 0 fully saturated rings. The number of aromatic amines is 1. The van der Waals surface area contributed by atoms with Gasteiger partial charge in [0.25, 0.3) is 0 Å². The largest absolute Gasteiger partial charge is 0.496 e. The van der Waals surface area contributed by atoms with Gasteiger partial charge in [0.15, 0.2) is 0 Å². The minimum Gasteiger partial charge on any atom is -0.496 e. The Morgan fingerprint density at radius 1 is 1.16 bits per heavy atom. The van der Waals surface area contributed by atoms with Crippen molar-refractivity contribution in [1.82, 2.24) is 15.5 Å². The van der Waals surface area contributed by atoms with Gasteiger partial charge in [-0.05, 0) is 12.1 Å². The molecule has 3 aromatic rings. The summed E-state index contributed by atoms with van der Waals surface area (Å²) in [5.41, 5.74) is 2.02. The van der Waals surface area contributed by atoms with Gasteiger partial charge in [0.05, 0.1) is 23.7 Å². The summed E-state index contributed by atoms with van der Waals surface area (Å²) in [6.07, 6.45) is 1.66. The number of rotatable bonds is 8. The third-order valence-electron chi connectivity index (χ3n) is 4.07. The van der Waals surface area contributed by atoms with Crippen molar-refractivity contribution in [3.63, 3.8) is 0 Å². The Morgan fingerprint density at radius 3 is 2.48 bits per heavy atom. The maximum absolute atomic E-state index is 13.9. The van der Waals surface area contributed by atoms with E-state index in [4.69, 9.17) is 14.9 Å². The molecular formula is C21H21F2N3O5. The predicted molar refractivity (Wildman–Crippen MR) is 109 cm³/mol. The average molecular weight is 433 g/mol. The summed E-state index contributed by atoms with van der Waals surface area (Å²) in [7, 11) is 1.64. The Balaban J connectivity index is 0.000000366. The standard InChI is InChI=1S/C17H17F2N3O.C4H4O4/c1-23-16-5-3-2-4-11(16)10-20-7-6-14-17-13(19)8-12(18)9-15(17)22-21-14;5-3(6)1-2-4(7)8/h2-5,8-9,20H,6-7,10H2,1H3,(H,21,22);1-2H,(H,5,6)(H,7,8)/b;2-1+. The maximum atomic E-state index is 13.9. The number of benzene rings is 2. The average Bonchev–Trinajstić information content (AvgIpc) is 3.13. The van der Waals surface area contributed by atoms with Gasteiger partial charge in [-0.15, -0.1) is 0 Å². The molecule has 0 radical (unpaired) electrons. The van der Waals surface area contributed by atoms with E-state index in [1.807, 2.05) is 24.3 Å². The summed E-state index contributed by atoms with van der Waals surface area (Å²) >= 11 is 0. The van der Waals surface area contributed by atoms with Crippen LogP contribution < -0.4 is 10.1 Å². The number of carboxylic acid groups (broad SMARTS) is 2. The van der Waals surface area contributed by atoms with Crippen molar-refractivity contribution in [2.45, 2.75) is 13.0 Å². The number of H-pyrrole nitrogens is 1. The number of ether oxygens (including phenoxy) is 1. The number of aliphatic carboxylic acids is 2. The van der Waals surface area contributed by atoms with E-state index in [-0.39, 0.29) is 0 Å². The van der Waals surface area contributed by atoms with Crippen molar-refractivity contribution in [1.29, 1.82) is 0 Å². The lowest BCUT2D eigenvalue weighted by atomic mass is 10.1. The fourth-order valence-corrected chi connectivity index (χ4v) is 2.74. The number of nitrogens with one attached hydrogen (secondary N) is 2. The van der Waals surface area contributed by atoms with Crippen molar-refractivity contribution in [3.8, 4) is 5.75 Å². The molecule has 0 saturated heterocycles. The van der Waals surface area contributed by atoms with Crippen molar-refractivity contribution in [2.75, 3.05) is 13.7 Å². The molecule has 0 bridgehead atoms. The molecule has 0 spiro atoms. The van der Waals surface area contributed by atoms with Crippen LogP contribution in [0.15, 0.2) is 48.6 Å². The highest BCUT2D eigenvalue weighted by Gasteiger charge is 2.12. The van der Waals surface area contributed by atoms with Gasteiger partial charge in [-0.2, -0.15) is 5.10 Å². The summed E-state index contributed by atoms with van der Waals surface area (Å²) in [5, 5.41) is 26.0. The number of aromatic nitrogens is 2. The summed E-state index contributed by atoms with van der Waals surface area (Å²) < 4.78 is 32.3. The zero-order valence-corrected chi connectivity index (χ0v) is 16.6. The number of methoxy groups -OCH3 is 1. The molecule has 10 heteroatoms. The van der Waals surface area contributed by atoms with Gasteiger partial charge in [0.2, 0.25) is 0 Å². The summed E-state index contributed by atoms with van der Waals surface area (Å²) in [5.74, 6) is -2.89. The SMILES string of the molecule is COc1ccccc1CNCCc1n[nH]c2cc(F)cc(F)c12.O=C(O)/C=C/C(=O)O. The molecule has 0 aliphatic carbocycles. The number of carbonyl (C=O) groups is 2. The molecular weight excluding hydrogens is 412 g/mol. The molecule has 1 heterocycles. The maximum Gasteiger partial charge on any atom is 0.328 e. The van der Waals surface area contributed by atoms with E-state index in [1.165, 1.54) is 6.07 Å². The second-order valence-corrected chi connectivity index (χ2v) is 6.23. The minimum absolute atomic E-state index is 0.352. The molecule has 3 rings (SSSR count). The number of para-hydroxylation sites is 1.